The summed E-state index contributed by atoms with van der Waals surface area (Å²) >= 11 is 3.52. The van der Waals surface area contributed by atoms with Crippen molar-refractivity contribution in [1.29, 1.82) is 0 Å². The Labute approximate surface area is 123 Å². The van der Waals surface area contributed by atoms with Crippen LogP contribution in [-0.2, 0) is 13.5 Å². The Morgan fingerprint density at radius 2 is 2.16 bits per heavy atom. The van der Waals surface area contributed by atoms with Crippen molar-refractivity contribution in [1.82, 2.24) is 9.78 Å². The van der Waals surface area contributed by atoms with Crippen LogP contribution in [0, 0.1) is 6.92 Å². The van der Waals surface area contributed by atoms with E-state index in [1.54, 1.807) is 0 Å². The van der Waals surface area contributed by atoms with Crippen LogP contribution in [0.1, 0.15) is 36.7 Å². The number of rotatable bonds is 4. The molecule has 0 aliphatic rings. The van der Waals surface area contributed by atoms with E-state index in [1.165, 1.54) is 16.8 Å². The van der Waals surface area contributed by atoms with Gasteiger partial charge in [0.2, 0.25) is 0 Å². The predicted octanol–water partition coefficient (Wildman–Crippen LogP) is 4.23. The summed E-state index contributed by atoms with van der Waals surface area (Å²) in [4.78, 5) is 0. The molecule has 1 aromatic carbocycles. The average Bonchev–Trinajstić information content (AvgIpc) is 2.70. The molecule has 1 atom stereocenters. The standard InChI is InChI=1S/C15H20BrN3/c1-5-12-8-13(16)6-7-15(12)17-10(2)14-9-19(4)18-11(14)3/h6-10,17H,5H2,1-4H3. The van der Waals surface area contributed by atoms with Crippen LogP contribution in [0.15, 0.2) is 28.9 Å². The molecule has 1 unspecified atom stereocenters. The Kier molecular flexibility index (Phi) is 4.30. The quantitative estimate of drug-likeness (QED) is 0.913. The number of aryl methyl sites for hydroxylation is 3. The van der Waals surface area contributed by atoms with Crippen LogP contribution >= 0.6 is 15.9 Å². The van der Waals surface area contributed by atoms with Crippen LogP contribution < -0.4 is 5.32 Å². The maximum absolute atomic E-state index is 4.40. The molecule has 0 aliphatic carbocycles. The summed E-state index contributed by atoms with van der Waals surface area (Å²) < 4.78 is 2.99. The molecule has 0 aliphatic heterocycles. The first kappa shape index (κ1) is 14.1. The van der Waals surface area contributed by atoms with Gasteiger partial charge >= 0.3 is 0 Å². The fourth-order valence-electron chi connectivity index (χ4n) is 2.35. The third kappa shape index (κ3) is 3.18. The SMILES string of the molecule is CCc1cc(Br)ccc1NC(C)c1cn(C)nc1C. The fraction of sp³-hybridized carbons (Fsp3) is 0.400. The van der Waals surface area contributed by atoms with Crippen LogP contribution in [0.3, 0.4) is 0 Å². The minimum atomic E-state index is 0.250. The largest absolute Gasteiger partial charge is 0.378 e. The molecule has 0 saturated heterocycles. The number of aromatic nitrogens is 2. The summed E-state index contributed by atoms with van der Waals surface area (Å²) in [5.74, 6) is 0. The molecule has 2 aromatic rings. The summed E-state index contributed by atoms with van der Waals surface area (Å²) in [5, 5.41) is 7.98. The highest BCUT2D eigenvalue weighted by molar-refractivity contribution is 9.10. The van der Waals surface area contributed by atoms with Crippen molar-refractivity contribution in [3.8, 4) is 0 Å². The van der Waals surface area contributed by atoms with E-state index in [-0.39, 0.29) is 6.04 Å². The maximum atomic E-state index is 4.40. The second-order valence-corrected chi connectivity index (χ2v) is 5.78. The zero-order chi connectivity index (χ0) is 14.0. The van der Waals surface area contributed by atoms with Gasteiger partial charge in [-0.15, -0.1) is 0 Å². The zero-order valence-corrected chi connectivity index (χ0v) is 13.5. The van der Waals surface area contributed by atoms with Crippen molar-refractivity contribution in [2.24, 2.45) is 7.05 Å². The van der Waals surface area contributed by atoms with Gasteiger partial charge in [-0.05, 0) is 44.0 Å². The van der Waals surface area contributed by atoms with Crippen LogP contribution in [-0.4, -0.2) is 9.78 Å². The van der Waals surface area contributed by atoms with E-state index < -0.39 is 0 Å². The van der Waals surface area contributed by atoms with Gasteiger partial charge in [0.25, 0.3) is 0 Å². The summed E-state index contributed by atoms with van der Waals surface area (Å²) in [6.07, 6.45) is 3.10. The van der Waals surface area contributed by atoms with Crippen molar-refractivity contribution in [2.75, 3.05) is 5.32 Å². The normalized spacial score (nSPS) is 12.5. The second-order valence-electron chi connectivity index (χ2n) is 4.86. The molecule has 19 heavy (non-hydrogen) atoms. The Morgan fingerprint density at radius 1 is 1.42 bits per heavy atom. The monoisotopic (exact) mass is 321 g/mol. The molecule has 4 heteroatoms. The Balaban J connectivity index is 2.23. The first-order valence-electron chi connectivity index (χ1n) is 6.56. The van der Waals surface area contributed by atoms with Gasteiger partial charge in [0.05, 0.1) is 11.7 Å². The topological polar surface area (TPSA) is 29.9 Å². The van der Waals surface area contributed by atoms with Gasteiger partial charge in [-0.1, -0.05) is 22.9 Å². The third-order valence-corrected chi connectivity index (χ3v) is 3.83. The summed E-state index contributed by atoms with van der Waals surface area (Å²) in [5.41, 5.74) is 4.84. The minimum Gasteiger partial charge on any atom is -0.378 e. The van der Waals surface area contributed by atoms with Gasteiger partial charge < -0.3 is 5.32 Å². The highest BCUT2D eigenvalue weighted by atomic mass is 79.9. The Morgan fingerprint density at radius 3 is 2.74 bits per heavy atom. The number of anilines is 1. The number of nitrogens with zero attached hydrogens (tertiary/aromatic N) is 2. The van der Waals surface area contributed by atoms with Gasteiger partial charge in [-0.3, -0.25) is 4.68 Å². The molecular weight excluding hydrogens is 302 g/mol. The van der Waals surface area contributed by atoms with Gasteiger partial charge in [-0.25, -0.2) is 0 Å². The van der Waals surface area contributed by atoms with Crippen molar-refractivity contribution in [3.63, 3.8) is 0 Å². The molecule has 0 bridgehead atoms. The van der Waals surface area contributed by atoms with Gasteiger partial charge in [0.1, 0.15) is 0 Å². The molecule has 0 amide bonds. The highest BCUT2D eigenvalue weighted by Crippen LogP contribution is 2.26. The van der Waals surface area contributed by atoms with E-state index >= 15 is 0 Å². The molecule has 1 aromatic heterocycles. The molecule has 3 nitrogen and oxygen atoms in total. The fourth-order valence-corrected chi connectivity index (χ4v) is 2.76. The molecule has 1 heterocycles. The van der Waals surface area contributed by atoms with Crippen molar-refractivity contribution < 1.29 is 0 Å². The van der Waals surface area contributed by atoms with Crippen molar-refractivity contribution in [2.45, 2.75) is 33.2 Å². The number of halogens is 1. The summed E-state index contributed by atoms with van der Waals surface area (Å²) in [6.45, 7) is 6.40. The molecule has 102 valence electrons. The average molecular weight is 322 g/mol. The van der Waals surface area contributed by atoms with Gasteiger partial charge in [-0.2, -0.15) is 5.10 Å². The molecule has 0 spiro atoms. The zero-order valence-electron chi connectivity index (χ0n) is 11.9. The van der Waals surface area contributed by atoms with Crippen LogP contribution in [0.25, 0.3) is 0 Å². The van der Waals surface area contributed by atoms with E-state index in [4.69, 9.17) is 0 Å². The lowest BCUT2D eigenvalue weighted by molar-refractivity contribution is 0.756. The molecule has 0 saturated carbocycles. The van der Waals surface area contributed by atoms with Gasteiger partial charge in [0.15, 0.2) is 0 Å². The summed E-state index contributed by atoms with van der Waals surface area (Å²) in [6, 6.07) is 6.63. The number of benzene rings is 1. The van der Waals surface area contributed by atoms with Crippen LogP contribution in [0.4, 0.5) is 5.69 Å². The van der Waals surface area contributed by atoms with Crippen molar-refractivity contribution >= 4 is 21.6 Å². The molecule has 1 N–H and O–H groups in total. The number of nitrogens with one attached hydrogen (secondary N) is 1. The number of hydrogen-bond acceptors (Lipinski definition) is 2. The minimum absolute atomic E-state index is 0.250. The predicted molar refractivity (Wildman–Crippen MR) is 83.5 cm³/mol. The van der Waals surface area contributed by atoms with E-state index in [0.717, 1.165) is 16.6 Å². The highest BCUT2D eigenvalue weighted by Gasteiger charge is 2.13. The molecular formula is C15H20BrN3. The van der Waals surface area contributed by atoms with E-state index in [0.29, 0.717) is 0 Å². The number of hydrogen-bond donors (Lipinski definition) is 1. The van der Waals surface area contributed by atoms with E-state index in [1.807, 2.05) is 11.7 Å². The lowest BCUT2D eigenvalue weighted by Gasteiger charge is -2.17. The van der Waals surface area contributed by atoms with Crippen LogP contribution in [0.2, 0.25) is 0 Å². The Bertz CT molecular complexity index is 575. The van der Waals surface area contributed by atoms with Crippen LogP contribution in [0.5, 0.6) is 0 Å². The van der Waals surface area contributed by atoms with E-state index in [2.05, 4.69) is 71.5 Å². The van der Waals surface area contributed by atoms with E-state index in [9.17, 15) is 0 Å². The molecule has 2 rings (SSSR count). The summed E-state index contributed by atoms with van der Waals surface area (Å²) in [7, 11) is 1.96. The Hall–Kier alpha value is -1.29. The molecule has 0 fully saturated rings. The maximum Gasteiger partial charge on any atom is 0.0646 e. The second kappa shape index (κ2) is 5.78. The lowest BCUT2D eigenvalue weighted by Crippen LogP contribution is -2.08. The lowest BCUT2D eigenvalue weighted by atomic mass is 10.1. The first-order chi connectivity index (χ1) is 9.01. The molecule has 0 radical (unpaired) electrons. The van der Waals surface area contributed by atoms with Gasteiger partial charge in [0, 0.05) is 29.0 Å². The van der Waals surface area contributed by atoms with Crippen molar-refractivity contribution in [3.05, 3.63) is 45.7 Å². The third-order valence-electron chi connectivity index (χ3n) is 3.34. The first-order valence-corrected chi connectivity index (χ1v) is 7.35. The smallest absolute Gasteiger partial charge is 0.0646 e.